The van der Waals surface area contributed by atoms with Crippen LogP contribution in [0.3, 0.4) is 0 Å². The Morgan fingerprint density at radius 3 is 2.67 bits per heavy atom. The zero-order valence-electron chi connectivity index (χ0n) is 11.7. The summed E-state index contributed by atoms with van der Waals surface area (Å²) >= 11 is 9.36. The standard InChI is InChI=1S/C16H14BrClO3/c1-3-20-15-7-5-11(17)8-13(15)16(19)21-12-6-4-10(2)14(18)9-12/h4-9H,3H2,1-2H3. The van der Waals surface area contributed by atoms with Gasteiger partial charge in [-0.3, -0.25) is 0 Å². The van der Waals surface area contributed by atoms with Crippen LogP contribution >= 0.6 is 27.5 Å². The minimum absolute atomic E-state index is 0.364. The van der Waals surface area contributed by atoms with E-state index in [1.807, 2.05) is 19.9 Å². The first-order valence-corrected chi connectivity index (χ1v) is 7.59. The molecule has 0 radical (unpaired) electrons. The number of rotatable bonds is 4. The maximum atomic E-state index is 12.3. The molecule has 0 atom stereocenters. The summed E-state index contributed by atoms with van der Waals surface area (Å²) in [6.07, 6.45) is 0. The average molecular weight is 370 g/mol. The molecule has 2 aromatic rings. The summed E-state index contributed by atoms with van der Waals surface area (Å²) in [5, 5.41) is 0.555. The van der Waals surface area contributed by atoms with Crippen molar-refractivity contribution in [2.24, 2.45) is 0 Å². The summed E-state index contributed by atoms with van der Waals surface area (Å²) in [5.41, 5.74) is 1.29. The molecule has 0 amide bonds. The van der Waals surface area contributed by atoms with E-state index in [2.05, 4.69) is 15.9 Å². The van der Waals surface area contributed by atoms with Crippen LogP contribution in [0.4, 0.5) is 0 Å². The van der Waals surface area contributed by atoms with Crippen molar-refractivity contribution in [3.63, 3.8) is 0 Å². The Morgan fingerprint density at radius 2 is 2.00 bits per heavy atom. The quantitative estimate of drug-likeness (QED) is 0.560. The van der Waals surface area contributed by atoms with Gasteiger partial charge in [-0.05, 0) is 49.7 Å². The number of hydrogen-bond donors (Lipinski definition) is 0. The summed E-state index contributed by atoms with van der Waals surface area (Å²) in [4.78, 5) is 12.3. The van der Waals surface area contributed by atoms with Crippen molar-refractivity contribution in [1.29, 1.82) is 0 Å². The van der Waals surface area contributed by atoms with Gasteiger partial charge in [0.2, 0.25) is 0 Å². The topological polar surface area (TPSA) is 35.5 Å². The molecule has 0 bridgehead atoms. The third-order valence-corrected chi connectivity index (χ3v) is 3.72. The Labute approximate surface area is 137 Å². The first-order chi connectivity index (χ1) is 10.0. The Balaban J connectivity index is 2.27. The molecule has 5 heteroatoms. The smallest absolute Gasteiger partial charge is 0.347 e. The number of hydrogen-bond acceptors (Lipinski definition) is 3. The van der Waals surface area contributed by atoms with Gasteiger partial charge in [0, 0.05) is 9.50 Å². The molecule has 0 aromatic heterocycles. The van der Waals surface area contributed by atoms with Crippen LogP contribution in [0.15, 0.2) is 40.9 Å². The molecule has 0 aliphatic heterocycles. The number of esters is 1. The monoisotopic (exact) mass is 368 g/mol. The molecule has 0 fully saturated rings. The van der Waals surface area contributed by atoms with Gasteiger partial charge in [-0.2, -0.15) is 0 Å². The van der Waals surface area contributed by atoms with Gasteiger partial charge >= 0.3 is 5.97 Å². The molecule has 0 saturated heterocycles. The molecule has 0 unspecified atom stereocenters. The van der Waals surface area contributed by atoms with Crippen LogP contribution in [0.25, 0.3) is 0 Å². The maximum absolute atomic E-state index is 12.3. The summed E-state index contributed by atoms with van der Waals surface area (Å²) in [7, 11) is 0. The van der Waals surface area contributed by atoms with E-state index in [0.29, 0.717) is 28.7 Å². The summed E-state index contributed by atoms with van der Waals surface area (Å²) in [6.45, 7) is 4.21. The second kappa shape index (κ2) is 6.96. The van der Waals surface area contributed by atoms with Crippen molar-refractivity contribution in [3.05, 3.63) is 57.0 Å². The van der Waals surface area contributed by atoms with Crippen LogP contribution in [0.5, 0.6) is 11.5 Å². The van der Waals surface area contributed by atoms with Crippen LogP contribution in [0, 0.1) is 6.92 Å². The molecule has 0 aliphatic carbocycles. The van der Waals surface area contributed by atoms with Gasteiger partial charge < -0.3 is 9.47 Å². The highest BCUT2D eigenvalue weighted by Gasteiger charge is 2.16. The van der Waals surface area contributed by atoms with Crippen LogP contribution in [-0.4, -0.2) is 12.6 Å². The predicted octanol–water partition coefficient (Wildman–Crippen LogP) is 5.03. The fourth-order valence-corrected chi connectivity index (χ4v) is 2.27. The zero-order chi connectivity index (χ0) is 15.4. The summed E-state index contributed by atoms with van der Waals surface area (Å²) in [6, 6.07) is 10.3. The highest BCUT2D eigenvalue weighted by Crippen LogP contribution is 2.26. The second-order valence-corrected chi connectivity index (χ2v) is 5.70. The van der Waals surface area contributed by atoms with Crippen LogP contribution in [-0.2, 0) is 0 Å². The van der Waals surface area contributed by atoms with E-state index in [0.717, 1.165) is 10.0 Å². The average Bonchev–Trinajstić information content (AvgIpc) is 2.45. The summed E-state index contributed by atoms with van der Waals surface area (Å²) < 4.78 is 11.6. The molecular weight excluding hydrogens is 356 g/mol. The molecular formula is C16H14BrClO3. The van der Waals surface area contributed by atoms with Gasteiger partial charge in [-0.25, -0.2) is 4.79 Å². The van der Waals surface area contributed by atoms with Gasteiger partial charge in [0.15, 0.2) is 0 Å². The molecule has 0 N–H and O–H groups in total. The summed E-state index contributed by atoms with van der Waals surface area (Å²) in [5.74, 6) is 0.404. The zero-order valence-corrected chi connectivity index (χ0v) is 14.0. The third kappa shape index (κ3) is 3.99. The van der Waals surface area contributed by atoms with Crippen LogP contribution < -0.4 is 9.47 Å². The van der Waals surface area contributed by atoms with E-state index in [4.69, 9.17) is 21.1 Å². The minimum Gasteiger partial charge on any atom is -0.493 e. The van der Waals surface area contributed by atoms with Crippen molar-refractivity contribution in [1.82, 2.24) is 0 Å². The van der Waals surface area contributed by atoms with E-state index < -0.39 is 5.97 Å². The Kier molecular flexibility index (Phi) is 5.26. The van der Waals surface area contributed by atoms with E-state index >= 15 is 0 Å². The first-order valence-electron chi connectivity index (χ1n) is 6.42. The Morgan fingerprint density at radius 1 is 1.24 bits per heavy atom. The fourth-order valence-electron chi connectivity index (χ4n) is 1.74. The number of ether oxygens (including phenoxy) is 2. The lowest BCUT2D eigenvalue weighted by Gasteiger charge is -2.11. The van der Waals surface area contributed by atoms with Gasteiger partial charge in [-0.1, -0.05) is 33.6 Å². The molecule has 110 valence electrons. The number of carbonyl (C=O) groups is 1. The van der Waals surface area contributed by atoms with Crippen LogP contribution in [0.2, 0.25) is 5.02 Å². The number of aryl methyl sites for hydroxylation is 1. The molecule has 2 aromatic carbocycles. The lowest BCUT2D eigenvalue weighted by Crippen LogP contribution is -2.11. The molecule has 0 saturated carbocycles. The van der Waals surface area contributed by atoms with E-state index in [1.54, 1.807) is 30.3 Å². The Bertz CT molecular complexity index is 671. The van der Waals surface area contributed by atoms with Gasteiger partial charge in [-0.15, -0.1) is 0 Å². The van der Waals surface area contributed by atoms with Gasteiger partial charge in [0.1, 0.15) is 17.1 Å². The lowest BCUT2D eigenvalue weighted by molar-refractivity contribution is 0.0730. The Hall–Kier alpha value is -1.52. The normalized spacial score (nSPS) is 10.3. The highest BCUT2D eigenvalue weighted by atomic mass is 79.9. The number of carbonyl (C=O) groups excluding carboxylic acids is 1. The molecule has 0 spiro atoms. The molecule has 21 heavy (non-hydrogen) atoms. The second-order valence-electron chi connectivity index (χ2n) is 4.37. The van der Waals surface area contributed by atoms with Crippen molar-refractivity contribution in [2.45, 2.75) is 13.8 Å². The van der Waals surface area contributed by atoms with E-state index in [-0.39, 0.29) is 0 Å². The van der Waals surface area contributed by atoms with Crippen molar-refractivity contribution in [2.75, 3.05) is 6.61 Å². The van der Waals surface area contributed by atoms with Crippen LogP contribution in [0.1, 0.15) is 22.8 Å². The third-order valence-electron chi connectivity index (χ3n) is 2.82. The van der Waals surface area contributed by atoms with Gasteiger partial charge in [0.05, 0.1) is 6.61 Å². The fraction of sp³-hybridized carbons (Fsp3) is 0.188. The SMILES string of the molecule is CCOc1ccc(Br)cc1C(=O)Oc1ccc(C)c(Cl)c1. The lowest BCUT2D eigenvalue weighted by atomic mass is 10.2. The molecule has 2 rings (SSSR count). The molecule has 0 heterocycles. The minimum atomic E-state index is -0.486. The number of halogens is 2. The van der Waals surface area contributed by atoms with Gasteiger partial charge in [0.25, 0.3) is 0 Å². The maximum Gasteiger partial charge on any atom is 0.347 e. The van der Waals surface area contributed by atoms with Crippen molar-refractivity contribution in [3.8, 4) is 11.5 Å². The van der Waals surface area contributed by atoms with Crippen molar-refractivity contribution < 1.29 is 14.3 Å². The van der Waals surface area contributed by atoms with E-state index in [9.17, 15) is 4.79 Å². The first kappa shape index (κ1) is 15.9. The van der Waals surface area contributed by atoms with E-state index in [1.165, 1.54) is 0 Å². The van der Waals surface area contributed by atoms with Crippen molar-refractivity contribution >= 4 is 33.5 Å². The molecule has 0 aliphatic rings. The largest absolute Gasteiger partial charge is 0.493 e. The highest BCUT2D eigenvalue weighted by molar-refractivity contribution is 9.10. The predicted molar refractivity (Wildman–Crippen MR) is 86.5 cm³/mol. The molecule has 3 nitrogen and oxygen atoms in total. The number of benzene rings is 2.